The molecule has 0 radical (unpaired) electrons. The minimum atomic E-state index is -3.57. The molecule has 2 aliphatic carbocycles. The van der Waals surface area contributed by atoms with Crippen molar-refractivity contribution in [3.8, 4) is 0 Å². The van der Waals surface area contributed by atoms with Gasteiger partial charge in [0.25, 0.3) is 0 Å². The second kappa shape index (κ2) is 5.82. The Hall–Kier alpha value is -2.39. The van der Waals surface area contributed by atoms with Crippen LogP contribution in [0.1, 0.15) is 24.3 Å². The predicted octanol–water partition coefficient (Wildman–Crippen LogP) is 5.35. The fraction of sp³-hybridized carbons (Fsp3) is 0.217. The summed E-state index contributed by atoms with van der Waals surface area (Å²) in [5.74, 6) is 1.36. The second-order valence-electron chi connectivity index (χ2n) is 7.41. The van der Waals surface area contributed by atoms with Gasteiger partial charge in [-0.3, -0.25) is 0 Å². The van der Waals surface area contributed by atoms with Crippen LogP contribution in [0.15, 0.2) is 88.7 Å². The molecule has 3 unspecified atom stereocenters. The standard InChI is InChI=1S/C23H20O2S/c24-26(25,19-7-2-1-3-8-19)23-20-9-5-4-6-17(20)12-13-21(23)22-15-16-10-11-18(22)14-16/h1-13,16,18,22H,14-15H2. The van der Waals surface area contributed by atoms with E-state index in [4.69, 9.17) is 0 Å². The van der Waals surface area contributed by atoms with Gasteiger partial charge < -0.3 is 0 Å². The lowest BCUT2D eigenvalue weighted by Crippen LogP contribution is -2.13. The minimum absolute atomic E-state index is 0.295. The van der Waals surface area contributed by atoms with Crippen LogP contribution in [0.25, 0.3) is 10.8 Å². The van der Waals surface area contributed by atoms with Gasteiger partial charge in [0, 0.05) is 5.39 Å². The molecule has 0 heterocycles. The van der Waals surface area contributed by atoms with E-state index in [0.29, 0.717) is 27.5 Å². The number of sulfone groups is 1. The van der Waals surface area contributed by atoms with Gasteiger partial charge in [-0.15, -0.1) is 0 Å². The normalized spacial score (nSPS) is 24.4. The summed E-state index contributed by atoms with van der Waals surface area (Å²) in [6, 6.07) is 20.8. The monoisotopic (exact) mass is 360 g/mol. The Kier molecular flexibility index (Phi) is 3.54. The fourth-order valence-corrected chi connectivity index (χ4v) is 6.46. The van der Waals surface area contributed by atoms with Gasteiger partial charge in [0.05, 0.1) is 9.79 Å². The largest absolute Gasteiger partial charge is 0.218 e. The molecule has 3 atom stereocenters. The van der Waals surface area contributed by atoms with Gasteiger partial charge in [0.1, 0.15) is 0 Å². The van der Waals surface area contributed by atoms with Crippen molar-refractivity contribution in [2.75, 3.05) is 0 Å². The van der Waals surface area contributed by atoms with Gasteiger partial charge in [0.2, 0.25) is 9.84 Å². The molecule has 0 spiro atoms. The molecule has 0 aliphatic heterocycles. The first-order chi connectivity index (χ1) is 12.6. The van der Waals surface area contributed by atoms with E-state index >= 15 is 0 Å². The van der Waals surface area contributed by atoms with Gasteiger partial charge in [-0.25, -0.2) is 8.42 Å². The van der Waals surface area contributed by atoms with Crippen LogP contribution in [-0.4, -0.2) is 8.42 Å². The zero-order chi connectivity index (χ0) is 17.7. The third kappa shape index (κ3) is 2.34. The first-order valence-electron chi connectivity index (χ1n) is 9.15. The van der Waals surface area contributed by atoms with Crippen molar-refractivity contribution in [2.45, 2.75) is 28.6 Å². The van der Waals surface area contributed by atoms with Gasteiger partial charge in [0.15, 0.2) is 0 Å². The summed E-state index contributed by atoms with van der Waals surface area (Å²) >= 11 is 0. The van der Waals surface area contributed by atoms with E-state index in [1.54, 1.807) is 24.3 Å². The Morgan fingerprint density at radius 1 is 0.769 bits per heavy atom. The molecule has 0 saturated heterocycles. The van der Waals surface area contributed by atoms with Gasteiger partial charge in [-0.1, -0.05) is 66.7 Å². The Morgan fingerprint density at radius 3 is 2.27 bits per heavy atom. The van der Waals surface area contributed by atoms with Crippen LogP contribution in [0.5, 0.6) is 0 Å². The maximum Gasteiger partial charge on any atom is 0.207 e. The van der Waals surface area contributed by atoms with E-state index in [1.165, 1.54) is 0 Å². The number of allylic oxidation sites excluding steroid dienone is 2. The third-order valence-electron chi connectivity index (χ3n) is 5.91. The predicted molar refractivity (Wildman–Crippen MR) is 104 cm³/mol. The number of fused-ring (bicyclic) bond motifs is 3. The highest BCUT2D eigenvalue weighted by atomic mass is 32.2. The maximum absolute atomic E-state index is 13.6. The number of hydrogen-bond donors (Lipinski definition) is 0. The molecule has 2 aliphatic rings. The summed E-state index contributed by atoms with van der Waals surface area (Å²) in [6.07, 6.45) is 6.79. The van der Waals surface area contributed by atoms with Crippen LogP contribution in [0.3, 0.4) is 0 Å². The highest BCUT2D eigenvalue weighted by molar-refractivity contribution is 7.91. The average molecular weight is 360 g/mol. The summed E-state index contributed by atoms with van der Waals surface area (Å²) in [6.45, 7) is 0. The van der Waals surface area contributed by atoms with Crippen molar-refractivity contribution in [1.29, 1.82) is 0 Å². The first-order valence-corrected chi connectivity index (χ1v) is 10.6. The molecule has 26 heavy (non-hydrogen) atoms. The molecule has 130 valence electrons. The van der Waals surface area contributed by atoms with Crippen LogP contribution < -0.4 is 0 Å². The lowest BCUT2D eigenvalue weighted by molar-refractivity contribution is 0.566. The van der Waals surface area contributed by atoms with Crippen LogP contribution in [0.2, 0.25) is 0 Å². The SMILES string of the molecule is O=S(=O)(c1ccccc1)c1c(C2CC3C=CC2C3)ccc2ccccc12. The van der Waals surface area contributed by atoms with Crippen molar-refractivity contribution in [2.24, 2.45) is 11.8 Å². The molecule has 2 bridgehead atoms. The van der Waals surface area contributed by atoms with Crippen molar-refractivity contribution >= 4 is 20.6 Å². The summed E-state index contributed by atoms with van der Waals surface area (Å²) in [5.41, 5.74) is 0.990. The van der Waals surface area contributed by atoms with E-state index in [-0.39, 0.29) is 0 Å². The molecule has 1 fully saturated rings. The number of hydrogen-bond acceptors (Lipinski definition) is 2. The van der Waals surface area contributed by atoms with Crippen molar-refractivity contribution in [1.82, 2.24) is 0 Å². The topological polar surface area (TPSA) is 34.1 Å². The van der Waals surface area contributed by atoms with E-state index in [2.05, 4.69) is 24.3 Å². The van der Waals surface area contributed by atoms with Crippen molar-refractivity contribution in [3.63, 3.8) is 0 Å². The second-order valence-corrected chi connectivity index (χ2v) is 9.29. The smallest absolute Gasteiger partial charge is 0.207 e. The molecule has 0 aromatic heterocycles. The quantitative estimate of drug-likeness (QED) is 0.590. The van der Waals surface area contributed by atoms with Crippen LogP contribution in [-0.2, 0) is 9.84 Å². The Bertz CT molecular complexity index is 1110. The van der Waals surface area contributed by atoms with E-state index in [9.17, 15) is 8.42 Å². The summed E-state index contributed by atoms with van der Waals surface area (Å²) in [5, 5.41) is 1.81. The number of benzene rings is 3. The summed E-state index contributed by atoms with van der Waals surface area (Å²) in [7, 11) is -3.57. The van der Waals surface area contributed by atoms with Crippen LogP contribution in [0.4, 0.5) is 0 Å². The lowest BCUT2D eigenvalue weighted by Gasteiger charge is -2.23. The Labute approximate surface area is 154 Å². The van der Waals surface area contributed by atoms with Gasteiger partial charge in [-0.05, 0) is 53.7 Å². The van der Waals surface area contributed by atoms with Crippen molar-refractivity contribution in [3.05, 3.63) is 84.4 Å². The molecule has 3 aromatic carbocycles. The third-order valence-corrected chi connectivity index (χ3v) is 7.80. The molecule has 0 N–H and O–H groups in total. The van der Waals surface area contributed by atoms with Gasteiger partial charge >= 0.3 is 0 Å². The lowest BCUT2D eigenvalue weighted by atomic mass is 9.86. The molecule has 3 heteroatoms. The van der Waals surface area contributed by atoms with E-state index in [1.807, 2.05) is 30.3 Å². The van der Waals surface area contributed by atoms with Gasteiger partial charge in [-0.2, -0.15) is 0 Å². The average Bonchev–Trinajstić information content (AvgIpc) is 3.31. The zero-order valence-electron chi connectivity index (χ0n) is 14.4. The summed E-state index contributed by atoms with van der Waals surface area (Å²) in [4.78, 5) is 0.879. The molecular weight excluding hydrogens is 340 g/mol. The van der Waals surface area contributed by atoms with Crippen LogP contribution in [0, 0.1) is 11.8 Å². The molecule has 0 amide bonds. The van der Waals surface area contributed by atoms with E-state index in [0.717, 1.165) is 29.2 Å². The van der Waals surface area contributed by atoms with E-state index < -0.39 is 9.84 Å². The molecular formula is C23H20O2S. The molecule has 3 aromatic rings. The van der Waals surface area contributed by atoms with Crippen molar-refractivity contribution < 1.29 is 8.42 Å². The highest BCUT2D eigenvalue weighted by Crippen LogP contribution is 2.51. The van der Waals surface area contributed by atoms with Crippen LogP contribution >= 0.6 is 0 Å². The Morgan fingerprint density at radius 2 is 1.54 bits per heavy atom. The maximum atomic E-state index is 13.6. The minimum Gasteiger partial charge on any atom is -0.218 e. The summed E-state index contributed by atoms with van der Waals surface area (Å²) < 4.78 is 27.2. The zero-order valence-corrected chi connectivity index (χ0v) is 15.2. The highest BCUT2D eigenvalue weighted by Gasteiger charge is 2.39. The molecule has 1 saturated carbocycles. The first kappa shape index (κ1) is 15.8. The fourth-order valence-electron chi connectivity index (χ4n) is 4.71. The number of rotatable bonds is 3. The Balaban J connectivity index is 1.79. The molecule has 5 rings (SSSR count). The molecule has 2 nitrogen and oxygen atoms in total.